The molecule has 16 nitrogen and oxygen atoms in total. The first-order chi connectivity index (χ1) is 65.4. The summed E-state index contributed by atoms with van der Waals surface area (Å²) in [5, 5.41) is 0.964. The quantitative estimate of drug-likeness (QED) is 0.114. The van der Waals surface area contributed by atoms with Crippen LogP contribution in [0.4, 0.5) is 51.2 Å². The van der Waals surface area contributed by atoms with Gasteiger partial charge in [-0.15, -0.1) is 11.3 Å². The lowest BCUT2D eigenvalue weighted by Crippen LogP contribution is -2.16. The van der Waals surface area contributed by atoms with Gasteiger partial charge in [0.1, 0.15) is 33.5 Å². The lowest BCUT2D eigenvalue weighted by molar-refractivity contribution is 0.477. The fourth-order valence-electron chi connectivity index (χ4n) is 18.1. The zero-order valence-electron chi connectivity index (χ0n) is 70.4. The molecule has 3 aliphatic heterocycles. The van der Waals surface area contributed by atoms with E-state index in [4.69, 9.17) is 48.2 Å². The van der Waals surface area contributed by atoms with Crippen LogP contribution in [0, 0.1) is 0 Å². The van der Waals surface area contributed by atoms with Crippen molar-refractivity contribution < 1.29 is 18.3 Å². The standard InChI is InChI=1S/C38H24N4O2.2C38H24N4OS/c1-2-12-27(13-3-1)42-31-16-6-4-14-29(31)39-37(42)25-22-26(38-40-30-15-5-9-19-34(30)44-38)24-28(23-25)41-32-17-7-10-20-35(32)43-36-21-11-8-18-33(36)41;1-2-12-27(13-3-1)42-31-16-6-4-14-29(31)39-37(42)25-22-26(38-40-30-15-5-11-21-36(30)44-38)24-28(23-25)41-32-17-7-9-19-34(32)43-35-20-10-8-18-33(35)41;1-2-12-27(13-3-1)42-31-16-6-4-14-29(31)39-37(42)25-22-26(38-40-30-15-5-9-19-34(30)43-38)24-28(23-25)41-32-17-7-10-20-35(32)44-36-21-11-8-18-33(36)41/h3*1-24H. The fraction of sp³-hybridized carbons (Fsp3) is 0. The number of rotatable bonds is 12. The van der Waals surface area contributed by atoms with Crippen LogP contribution < -0.4 is 24.2 Å². The zero-order valence-corrected chi connectivity index (χ0v) is 72.0. The van der Waals surface area contributed by atoms with E-state index in [1.54, 1.807) is 23.1 Å². The van der Waals surface area contributed by atoms with Crippen molar-refractivity contribution in [1.29, 1.82) is 0 Å². The molecular weight excluding hydrogens is 1670 g/mol. The summed E-state index contributed by atoms with van der Waals surface area (Å²) in [6.07, 6.45) is 0. The Kier molecular flexibility index (Phi) is 18.9. The minimum absolute atomic E-state index is 0.548. The van der Waals surface area contributed by atoms with Gasteiger partial charge in [-0.1, -0.05) is 212 Å². The predicted octanol–water partition coefficient (Wildman–Crippen LogP) is 31.1. The Labute approximate surface area is 765 Å². The van der Waals surface area contributed by atoms with Gasteiger partial charge < -0.3 is 33.0 Å². The van der Waals surface area contributed by atoms with Crippen molar-refractivity contribution in [2.24, 2.45) is 0 Å². The molecule has 0 unspecified atom stereocenters. The Hall–Kier alpha value is -17.5. The maximum absolute atomic E-state index is 6.35. The first kappa shape index (κ1) is 76.9. The number of fused-ring (bicyclic) bond motifs is 12. The highest BCUT2D eigenvalue weighted by Crippen LogP contribution is 2.56. The number of benzene rings is 18. The molecule has 0 spiro atoms. The molecule has 0 saturated heterocycles. The van der Waals surface area contributed by atoms with E-state index in [2.05, 4.69) is 314 Å². The molecule has 0 saturated carbocycles. The highest BCUT2D eigenvalue weighted by atomic mass is 32.2. The number of hydrogen-bond donors (Lipinski definition) is 0. The number of nitrogens with zero attached hydrogens (tertiary/aromatic N) is 12. The summed E-state index contributed by atoms with van der Waals surface area (Å²) in [6.45, 7) is 0. The second-order valence-electron chi connectivity index (χ2n) is 32.2. The first-order valence-corrected chi connectivity index (χ1v) is 45.1. The van der Waals surface area contributed by atoms with Gasteiger partial charge in [-0.2, -0.15) is 0 Å². The van der Waals surface area contributed by atoms with E-state index in [0.717, 1.165) is 213 Å². The molecule has 0 radical (unpaired) electrons. The smallest absolute Gasteiger partial charge is 0.227 e. The molecule has 0 bridgehead atoms. The highest BCUT2D eigenvalue weighted by molar-refractivity contribution is 7.99. The normalized spacial score (nSPS) is 12.3. The van der Waals surface area contributed by atoms with Gasteiger partial charge in [-0.25, -0.2) is 29.9 Å². The van der Waals surface area contributed by atoms with E-state index >= 15 is 0 Å². The van der Waals surface area contributed by atoms with Gasteiger partial charge in [0.2, 0.25) is 11.8 Å². The summed E-state index contributed by atoms with van der Waals surface area (Å²) in [5.41, 5.74) is 28.0. The summed E-state index contributed by atoms with van der Waals surface area (Å²) in [7, 11) is 0. The Morgan fingerprint density at radius 2 is 0.508 bits per heavy atom. The van der Waals surface area contributed by atoms with Crippen molar-refractivity contribution in [1.82, 2.24) is 43.6 Å². The van der Waals surface area contributed by atoms with Crippen molar-refractivity contribution in [2.45, 2.75) is 9.79 Å². The van der Waals surface area contributed by atoms with Crippen LogP contribution in [0.3, 0.4) is 0 Å². The largest absolute Gasteiger partial charge is 0.453 e. The minimum Gasteiger partial charge on any atom is -0.453 e. The van der Waals surface area contributed by atoms with Crippen LogP contribution in [0.1, 0.15) is 0 Å². The molecule has 6 aromatic heterocycles. The average Bonchev–Trinajstić information content (AvgIpc) is 1.30. The molecule has 18 aromatic carbocycles. The van der Waals surface area contributed by atoms with Gasteiger partial charge in [-0.3, -0.25) is 13.7 Å². The van der Waals surface area contributed by atoms with E-state index in [0.29, 0.717) is 11.8 Å². The average molecular weight is 1740 g/mol. The van der Waals surface area contributed by atoms with Gasteiger partial charge in [-0.05, 0) is 237 Å². The number of imidazole rings is 3. The molecule has 0 fully saturated rings. The molecule has 624 valence electrons. The number of hydrogen-bond acceptors (Lipinski definition) is 15. The number of aromatic nitrogens is 9. The fourth-order valence-corrected chi connectivity index (χ4v) is 20.1. The van der Waals surface area contributed by atoms with Gasteiger partial charge >= 0.3 is 0 Å². The van der Waals surface area contributed by atoms with Crippen LogP contribution in [0.2, 0.25) is 0 Å². The molecule has 0 amide bonds. The Morgan fingerprint density at radius 1 is 0.212 bits per heavy atom. The van der Waals surface area contributed by atoms with Crippen molar-refractivity contribution in [3.05, 3.63) is 437 Å². The van der Waals surface area contributed by atoms with Crippen LogP contribution in [0.5, 0.6) is 23.0 Å². The van der Waals surface area contributed by atoms with E-state index in [1.807, 2.05) is 152 Å². The van der Waals surface area contributed by atoms with E-state index in [1.165, 1.54) is 9.79 Å². The van der Waals surface area contributed by atoms with Gasteiger partial charge in [0, 0.05) is 77.3 Å². The third-order valence-electron chi connectivity index (χ3n) is 23.9. The van der Waals surface area contributed by atoms with Gasteiger partial charge in [0.15, 0.2) is 34.2 Å². The molecule has 9 heterocycles. The lowest BCUT2D eigenvalue weighted by atomic mass is 10.0. The second-order valence-corrected chi connectivity index (χ2v) is 34.3. The van der Waals surface area contributed by atoms with Crippen LogP contribution in [0.25, 0.3) is 150 Å². The van der Waals surface area contributed by atoms with Gasteiger partial charge in [0.25, 0.3) is 0 Å². The second kappa shape index (κ2) is 32.4. The predicted molar refractivity (Wildman–Crippen MR) is 532 cm³/mol. The summed E-state index contributed by atoms with van der Waals surface area (Å²) in [5.74, 6) is 6.88. The van der Waals surface area contributed by atoms with Crippen LogP contribution in [-0.4, -0.2) is 43.6 Å². The molecule has 0 aliphatic carbocycles. The SMILES string of the molecule is c1ccc(-n2c(-c3cc(-c4nc5ccccc5o4)cc(N4c5ccccc5Oc5ccccc54)c3)nc3ccccc32)cc1.c1ccc(-n2c(-c3cc(-c4nc5ccccc5o4)cc(N4c5ccccc5Sc5ccccc54)c3)nc3ccccc32)cc1.c1ccc(-n2c(-c3cc(-c4nc5ccccc5s4)cc(N4c5ccccc5Oc5ccccc54)c3)nc3ccccc32)cc1. The third kappa shape index (κ3) is 13.8. The minimum atomic E-state index is 0.548. The van der Waals surface area contributed by atoms with E-state index < -0.39 is 0 Å². The molecular formula is C114H72N12O4S2. The van der Waals surface area contributed by atoms with Crippen molar-refractivity contribution in [3.8, 4) is 108 Å². The van der Waals surface area contributed by atoms with Crippen molar-refractivity contribution in [2.75, 3.05) is 14.7 Å². The Morgan fingerprint density at radius 3 is 0.894 bits per heavy atom. The van der Waals surface area contributed by atoms with E-state index in [-0.39, 0.29) is 0 Å². The van der Waals surface area contributed by atoms with Crippen LogP contribution in [-0.2, 0) is 0 Å². The van der Waals surface area contributed by atoms with Crippen LogP contribution >= 0.6 is 23.1 Å². The number of para-hydroxylation sites is 24. The molecule has 24 aromatic rings. The zero-order chi connectivity index (χ0) is 87.1. The number of thiazole rings is 1. The van der Waals surface area contributed by atoms with Crippen molar-refractivity contribution in [3.63, 3.8) is 0 Å². The summed E-state index contributed by atoms with van der Waals surface area (Å²) >= 11 is 3.50. The molecule has 0 N–H and O–H groups in total. The topological polar surface area (TPSA) is 147 Å². The molecule has 3 aliphatic rings. The molecule has 27 rings (SSSR count). The summed E-state index contributed by atoms with van der Waals surface area (Å²) in [6, 6.07) is 149. The lowest BCUT2D eigenvalue weighted by Gasteiger charge is -2.33. The first-order valence-electron chi connectivity index (χ1n) is 43.5. The van der Waals surface area contributed by atoms with E-state index in [9.17, 15) is 0 Å². The molecule has 18 heteroatoms. The maximum Gasteiger partial charge on any atom is 0.227 e. The summed E-state index contributed by atoms with van der Waals surface area (Å²) in [4.78, 5) is 39.7. The van der Waals surface area contributed by atoms with Gasteiger partial charge in [0.05, 0.1) is 77.4 Å². The maximum atomic E-state index is 6.35. The van der Waals surface area contributed by atoms with Crippen LogP contribution in [0.15, 0.2) is 455 Å². The Bertz CT molecular complexity index is 7570. The number of anilines is 9. The highest BCUT2D eigenvalue weighted by Gasteiger charge is 2.33. The monoisotopic (exact) mass is 1740 g/mol. The summed E-state index contributed by atoms with van der Waals surface area (Å²) < 4.78 is 33.2. The van der Waals surface area contributed by atoms with Crippen molar-refractivity contribution >= 4 is 140 Å². The Balaban J connectivity index is 0.000000106. The third-order valence-corrected chi connectivity index (χ3v) is 26.2. The molecule has 0 atom stereocenters. The number of oxazole rings is 2. The number of ether oxygens (including phenoxy) is 2. The molecule has 132 heavy (non-hydrogen) atoms.